The lowest BCUT2D eigenvalue weighted by molar-refractivity contribution is 0.599. The first-order valence-electron chi connectivity index (χ1n) is 5.56. The summed E-state index contributed by atoms with van der Waals surface area (Å²) in [6, 6.07) is 8.17. The molecule has 16 heavy (non-hydrogen) atoms. The highest BCUT2D eigenvalue weighted by molar-refractivity contribution is 5.91. The molecular weight excluding hydrogens is 196 g/mol. The maximum Gasteiger partial charge on any atom is 0.135 e. The second-order valence-electron chi connectivity index (χ2n) is 4.86. The Morgan fingerprint density at radius 2 is 1.75 bits per heavy atom. The number of furan rings is 1. The van der Waals surface area contributed by atoms with Gasteiger partial charge in [0, 0.05) is 16.4 Å². The predicted molar refractivity (Wildman–Crippen MR) is 68.1 cm³/mol. The molecular formula is C15H14O. The average Bonchev–Trinajstić information content (AvgIpc) is 2.54. The van der Waals surface area contributed by atoms with Crippen molar-refractivity contribution in [3.63, 3.8) is 0 Å². The van der Waals surface area contributed by atoms with Gasteiger partial charge < -0.3 is 4.42 Å². The second kappa shape index (κ2) is 3.11. The normalized spacial score (nSPS) is 17.4. The zero-order valence-corrected chi connectivity index (χ0v) is 9.53. The SMILES string of the molecule is CC1(C)C=Cc2oc3ccccc3c2C=C1. The van der Waals surface area contributed by atoms with Crippen molar-refractivity contribution in [2.45, 2.75) is 13.8 Å². The van der Waals surface area contributed by atoms with Crippen molar-refractivity contribution < 1.29 is 4.42 Å². The molecule has 1 aliphatic carbocycles. The molecule has 1 heteroatoms. The van der Waals surface area contributed by atoms with Gasteiger partial charge in [-0.15, -0.1) is 0 Å². The molecule has 0 N–H and O–H groups in total. The summed E-state index contributed by atoms with van der Waals surface area (Å²) in [5.41, 5.74) is 2.25. The summed E-state index contributed by atoms with van der Waals surface area (Å²) >= 11 is 0. The number of hydrogen-bond acceptors (Lipinski definition) is 1. The van der Waals surface area contributed by atoms with E-state index in [-0.39, 0.29) is 5.41 Å². The Bertz CT molecular complexity index is 597. The van der Waals surface area contributed by atoms with Crippen LogP contribution >= 0.6 is 0 Å². The van der Waals surface area contributed by atoms with E-state index in [2.05, 4.69) is 44.2 Å². The van der Waals surface area contributed by atoms with Crippen LogP contribution in [0.4, 0.5) is 0 Å². The lowest BCUT2D eigenvalue weighted by atomic mass is 9.93. The maximum atomic E-state index is 5.83. The van der Waals surface area contributed by atoms with Crippen LogP contribution in [0.5, 0.6) is 0 Å². The largest absolute Gasteiger partial charge is 0.456 e. The van der Waals surface area contributed by atoms with E-state index in [1.54, 1.807) is 0 Å². The van der Waals surface area contributed by atoms with Gasteiger partial charge in [0.15, 0.2) is 0 Å². The lowest BCUT2D eigenvalue weighted by Gasteiger charge is -2.12. The monoisotopic (exact) mass is 210 g/mol. The molecule has 0 unspecified atom stereocenters. The van der Waals surface area contributed by atoms with Crippen molar-refractivity contribution in [3.8, 4) is 0 Å². The van der Waals surface area contributed by atoms with E-state index < -0.39 is 0 Å². The molecule has 0 saturated heterocycles. The first-order chi connectivity index (χ1) is 7.66. The van der Waals surface area contributed by atoms with Gasteiger partial charge >= 0.3 is 0 Å². The molecule has 1 aromatic heterocycles. The van der Waals surface area contributed by atoms with Crippen LogP contribution in [0.2, 0.25) is 0 Å². The fraction of sp³-hybridized carbons (Fsp3) is 0.200. The van der Waals surface area contributed by atoms with E-state index in [0.717, 1.165) is 11.3 Å². The summed E-state index contributed by atoms with van der Waals surface area (Å²) in [5, 5.41) is 1.19. The predicted octanol–water partition coefficient (Wildman–Crippen LogP) is 4.50. The highest BCUT2D eigenvalue weighted by atomic mass is 16.3. The first-order valence-corrected chi connectivity index (χ1v) is 5.56. The van der Waals surface area contributed by atoms with Crippen LogP contribution in [0.1, 0.15) is 25.2 Å². The quantitative estimate of drug-likeness (QED) is 0.624. The van der Waals surface area contributed by atoms with Gasteiger partial charge in [0.25, 0.3) is 0 Å². The second-order valence-corrected chi connectivity index (χ2v) is 4.86. The molecule has 0 saturated carbocycles. The van der Waals surface area contributed by atoms with E-state index in [0.29, 0.717) is 0 Å². The fourth-order valence-electron chi connectivity index (χ4n) is 2.02. The van der Waals surface area contributed by atoms with Gasteiger partial charge in [-0.3, -0.25) is 0 Å². The number of hydrogen-bond donors (Lipinski definition) is 0. The van der Waals surface area contributed by atoms with E-state index in [1.165, 1.54) is 10.9 Å². The molecule has 3 rings (SSSR count). The Morgan fingerprint density at radius 3 is 2.62 bits per heavy atom. The third-order valence-corrected chi connectivity index (χ3v) is 3.01. The highest BCUT2D eigenvalue weighted by Crippen LogP contribution is 2.33. The van der Waals surface area contributed by atoms with Crippen LogP contribution in [-0.4, -0.2) is 0 Å². The molecule has 0 spiro atoms. The average molecular weight is 210 g/mol. The van der Waals surface area contributed by atoms with Gasteiger partial charge in [-0.05, 0) is 12.1 Å². The molecule has 0 bridgehead atoms. The maximum absolute atomic E-state index is 5.83. The van der Waals surface area contributed by atoms with E-state index in [1.807, 2.05) is 18.2 Å². The van der Waals surface area contributed by atoms with Crippen molar-refractivity contribution in [2.75, 3.05) is 0 Å². The summed E-state index contributed by atoms with van der Waals surface area (Å²) in [6.07, 6.45) is 8.64. The summed E-state index contributed by atoms with van der Waals surface area (Å²) in [5.74, 6) is 0.961. The Labute approximate surface area is 95.1 Å². The molecule has 0 aliphatic heterocycles. The summed E-state index contributed by atoms with van der Waals surface area (Å²) in [4.78, 5) is 0. The minimum absolute atomic E-state index is 0.0998. The van der Waals surface area contributed by atoms with Crippen molar-refractivity contribution in [3.05, 3.63) is 47.7 Å². The Kier molecular flexibility index (Phi) is 1.84. The van der Waals surface area contributed by atoms with Crippen molar-refractivity contribution in [2.24, 2.45) is 5.41 Å². The van der Waals surface area contributed by atoms with Gasteiger partial charge in [0.1, 0.15) is 11.3 Å². The molecule has 80 valence electrons. The van der Waals surface area contributed by atoms with Crippen LogP contribution in [0.15, 0.2) is 40.8 Å². The minimum Gasteiger partial charge on any atom is -0.456 e. The number of benzene rings is 1. The van der Waals surface area contributed by atoms with Gasteiger partial charge in [0.05, 0.1) is 0 Å². The van der Waals surface area contributed by atoms with Gasteiger partial charge in [-0.2, -0.15) is 0 Å². The van der Waals surface area contributed by atoms with Gasteiger partial charge in [-0.25, -0.2) is 0 Å². The Balaban J connectivity index is 2.30. The van der Waals surface area contributed by atoms with E-state index in [4.69, 9.17) is 4.42 Å². The topological polar surface area (TPSA) is 13.1 Å². The molecule has 1 aliphatic rings. The Morgan fingerprint density at radius 1 is 1.00 bits per heavy atom. The standard InChI is InChI=1S/C15H14O/c1-15(2)9-7-12-11-5-3-4-6-13(11)16-14(12)8-10-15/h3-10H,1-2H3. The molecule has 1 heterocycles. The summed E-state index contributed by atoms with van der Waals surface area (Å²) in [6.45, 7) is 4.38. The van der Waals surface area contributed by atoms with Crippen LogP contribution in [-0.2, 0) is 0 Å². The molecule has 0 radical (unpaired) electrons. The van der Waals surface area contributed by atoms with E-state index in [9.17, 15) is 0 Å². The van der Waals surface area contributed by atoms with Crippen LogP contribution in [0.3, 0.4) is 0 Å². The smallest absolute Gasteiger partial charge is 0.135 e. The van der Waals surface area contributed by atoms with Crippen LogP contribution in [0.25, 0.3) is 23.1 Å². The summed E-state index contributed by atoms with van der Waals surface area (Å²) < 4.78 is 5.83. The fourth-order valence-corrected chi connectivity index (χ4v) is 2.02. The third-order valence-electron chi connectivity index (χ3n) is 3.01. The number of rotatable bonds is 0. The highest BCUT2D eigenvalue weighted by Gasteiger charge is 2.16. The Hall–Kier alpha value is -1.76. The molecule has 0 amide bonds. The third kappa shape index (κ3) is 1.40. The zero-order chi connectivity index (χ0) is 11.2. The molecule has 0 fully saturated rings. The molecule has 1 nitrogen and oxygen atoms in total. The molecule has 0 atom stereocenters. The molecule has 2 aromatic rings. The van der Waals surface area contributed by atoms with E-state index >= 15 is 0 Å². The van der Waals surface area contributed by atoms with Crippen molar-refractivity contribution in [1.82, 2.24) is 0 Å². The number of allylic oxidation sites excluding steroid dienone is 2. The van der Waals surface area contributed by atoms with Crippen LogP contribution in [0, 0.1) is 5.41 Å². The van der Waals surface area contributed by atoms with Crippen molar-refractivity contribution >= 4 is 23.1 Å². The zero-order valence-electron chi connectivity index (χ0n) is 9.53. The van der Waals surface area contributed by atoms with Crippen molar-refractivity contribution in [1.29, 1.82) is 0 Å². The number of para-hydroxylation sites is 1. The first kappa shape index (κ1) is 9.46. The van der Waals surface area contributed by atoms with Gasteiger partial charge in [-0.1, -0.05) is 50.3 Å². The minimum atomic E-state index is 0.0998. The van der Waals surface area contributed by atoms with Gasteiger partial charge in [0.2, 0.25) is 0 Å². The molecule has 1 aromatic carbocycles. The summed E-state index contributed by atoms with van der Waals surface area (Å²) in [7, 11) is 0. The lowest BCUT2D eigenvalue weighted by Crippen LogP contribution is -2.00. The van der Waals surface area contributed by atoms with Crippen LogP contribution < -0.4 is 0 Å². The number of fused-ring (bicyclic) bond motifs is 3.